The van der Waals surface area contributed by atoms with Crippen LogP contribution in [0, 0.1) is 0 Å². The third kappa shape index (κ3) is 6.39. The number of hydroxylamine groups is 1. The number of amides is 1. The molecule has 3 rings (SSSR count). The van der Waals surface area contributed by atoms with Crippen molar-refractivity contribution >= 4 is 5.91 Å². The molecule has 2 aromatic carbocycles. The summed E-state index contributed by atoms with van der Waals surface area (Å²) in [5, 5.41) is 8.78. The van der Waals surface area contributed by atoms with Crippen molar-refractivity contribution in [2.75, 3.05) is 26.2 Å². The summed E-state index contributed by atoms with van der Waals surface area (Å²) in [5.74, 6) is -0.479. The zero-order valence-electron chi connectivity index (χ0n) is 19.9. The van der Waals surface area contributed by atoms with Crippen LogP contribution in [0.2, 0.25) is 0 Å². The highest BCUT2D eigenvalue weighted by atomic mass is 16.5. The van der Waals surface area contributed by atoms with Crippen LogP contribution in [0.3, 0.4) is 0 Å². The summed E-state index contributed by atoms with van der Waals surface area (Å²) >= 11 is 0. The van der Waals surface area contributed by atoms with Gasteiger partial charge in [-0.05, 0) is 55.8 Å². The first-order valence-electron chi connectivity index (χ1n) is 11.7. The van der Waals surface area contributed by atoms with Gasteiger partial charge in [0.2, 0.25) is 0 Å². The second kappa shape index (κ2) is 11.6. The van der Waals surface area contributed by atoms with E-state index in [1.54, 1.807) is 17.6 Å². The first-order chi connectivity index (χ1) is 15.4. The van der Waals surface area contributed by atoms with Gasteiger partial charge in [-0.2, -0.15) is 0 Å². The molecule has 2 N–H and O–H groups in total. The largest absolute Gasteiger partial charge is 0.300 e. The molecule has 2 atom stereocenters. The van der Waals surface area contributed by atoms with Gasteiger partial charge in [-0.25, -0.2) is 5.48 Å². The number of benzene rings is 2. The summed E-state index contributed by atoms with van der Waals surface area (Å²) in [6, 6.07) is 17.4. The molecule has 1 amide bonds. The topological polar surface area (TPSA) is 59.0 Å². The number of piperazine rings is 1. The quantitative estimate of drug-likeness (QED) is 0.461. The highest BCUT2D eigenvalue weighted by molar-refractivity contribution is 5.93. The monoisotopic (exact) mass is 438 g/mol. The molecule has 1 saturated heterocycles. The van der Waals surface area contributed by atoms with Crippen LogP contribution in [0.4, 0.5) is 0 Å². The Morgan fingerprint density at radius 3 is 2.19 bits per heavy atom. The molecule has 0 aliphatic carbocycles. The molecule has 0 aromatic heterocycles. The predicted octanol–water partition coefficient (Wildman–Crippen LogP) is 3.74. The van der Waals surface area contributed by atoms with Crippen LogP contribution in [-0.4, -0.2) is 64.1 Å². The minimum absolute atomic E-state index is 0.443. The predicted molar refractivity (Wildman–Crippen MR) is 129 cm³/mol. The van der Waals surface area contributed by atoms with Crippen LogP contribution in [0.1, 0.15) is 54.7 Å². The lowest BCUT2D eigenvalue weighted by Gasteiger charge is -2.44. The average molecular weight is 439 g/mol. The number of hydrogen-bond acceptors (Lipinski definition) is 5. The number of hydrogen-bond donors (Lipinski definition) is 2. The summed E-state index contributed by atoms with van der Waals surface area (Å²) in [6.45, 7) is 16.1. The van der Waals surface area contributed by atoms with Gasteiger partial charge in [0.1, 0.15) is 0 Å². The molecule has 0 saturated carbocycles. The van der Waals surface area contributed by atoms with E-state index in [0.717, 1.165) is 45.8 Å². The molecular weight excluding hydrogens is 400 g/mol. The molecule has 32 heavy (non-hydrogen) atoms. The van der Waals surface area contributed by atoms with Gasteiger partial charge < -0.3 is 0 Å². The molecule has 174 valence electrons. The van der Waals surface area contributed by atoms with Gasteiger partial charge in [-0.15, -0.1) is 0 Å². The molecule has 1 heterocycles. The molecule has 1 aliphatic heterocycles. The smallest absolute Gasteiger partial charge is 0.274 e. The molecule has 2 unspecified atom stereocenters. The highest BCUT2D eigenvalue weighted by Gasteiger charge is 2.29. The van der Waals surface area contributed by atoms with Gasteiger partial charge in [0.15, 0.2) is 0 Å². The minimum atomic E-state index is -0.479. The van der Waals surface area contributed by atoms with E-state index in [0.29, 0.717) is 17.6 Å². The van der Waals surface area contributed by atoms with E-state index in [1.165, 1.54) is 16.7 Å². The Morgan fingerprint density at radius 1 is 0.969 bits per heavy atom. The minimum Gasteiger partial charge on any atom is -0.300 e. The fourth-order valence-electron chi connectivity index (χ4n) is 4.73. The Labute approximate surface area is 192 Å². The average Bonchev–Trinajstić information content (AvgIpc) is 2.80. The van der Waals surface area contributed by atoms with E-state index in [-0.39, 0.29) is 0 Å². The Morgan fingerprint density at radius 2 is 1.59 bits per heavy atom. The van der Waals surface area contributed by atoms with Crippen molar-refractivity contribution in [3.05, 3.63) is 70.8 Å². The molecule has 1 fully saturated rings. The number of nitrogens with one attached hydrogen (secondary N) is 1. The first kappa shape index (κ1) is 24.4. The molecule has 0 spiro atoms. The van der Waals surface area contributed by atoms with E-state index in [2.05, 4.69) is 66.7 Å². The van der Waals surface area contributed by atoms with Crippen LogP contribution < -0.4 is 5.48 Å². The summed E-state index contributed by atoms with van der Waals surface area (Å²) in [6.07, 6.45) is 0. The van der Waals surface area contributed by atoms with Crippen molar-refractivity contribution in [1.82, 2.24) is 20.2 Å². The second-order valence-corrected chi connectivity index (χ2v) is 8.98. The maximum Gasteiger partial charge on any atom is 0.274 e. The van der Waals surface area contributed by atoms with E-state index < -0.39 is 5.91 Å². The lowest BCUT2D eigenvalue weighted by atomic mass is 10.0. The normalized spacial score (nSPS) is 19.9. The lowest BCUT2D eigenvalue weighted by Crippen LogP contribution is -2.55. The van der Waals surface area contributed by atoms with Crippen LogP contribution in [0.15, 0.2) is 48.5 Å². The van der Waals surface area contributed by atoms with Crippen LogP contribution >= 0.6 is 0 Å². The van der Waals surface area contributed by atoms with Crippen molar-refractivity contribution in [2.24, 2.45) is 0 Å². The Kier molecular flexibility index (Phi) is 8.82. The van der Waals surface area contributed by atoms with E-state index in [4.69, 9.17) is 5.21 Å². The summed E-state index contributed by atoms with van der Waals surface area (Å²) in [7, 11) is 0. The molecule has 0 bridgehead atoms. The lowest BCUT2D eigenvalue weighted by molar-refractivity contribution is 0.0290. The van der Waals surface area contributed by atoms with Gasteiger partial charge in [0, 0.05) is 50.4 Å². The molecule has 0 radical (unpaired) electrons. The number of carbonyl (C=O) groups excluding carboxylic acids is 1. The first-order valence-corrected chi connectivity index (χ1v) is 11.7. The fourth-order valence-corrected chi connectivity index (χ4v) is 4.73. The maximum absolute atomic E-state index is 11.5. The molecular formula is C26H38N4O2. The van der Waals surface area contributed by atoms with Gasteiger partial charge in [0.25, 0.3) is 5.91 Å². The Balaban J connectivity index is 1.58. The van der Waals surface area contributed by atoms with E-state index >= 15 is 0 Å². The van der Waals surface area contributed by atoms with Gasteiger partial charge in [-0.3, -0.25) is 24.7 Å². The van der Waals surface area contributed by atoms with Gasteiger partial charge in [0.05, 0.1) is 0 Å². The zero-order chi connectivity index (χ0) is 23.1. The molecule has 6 heteroatoms. The van der Waals surface area contributed by atoms with E-state index in [1.807, 2.05) is 12.1 Å². The highest BCUT2D eigenvalue weighted by Crippen LogP contribution is 2.21. The number of rotatable bonds is 9. The summed E-state index contributed by atoms with van der Waals surface area (Å²) in [5.41, 5.74) is 6.10. The fraction of sp³-hybridized carbons (Fsp3) is 0.500. The van der Waals surface area contributed by atoms with Crippen molar-refractivity contribution < 1.29 is 10.0 Å². The third-order valence-corrected chi connectivity index (χ3v) is 6.56. The molecule has 1 aliphatic rings. The van der Waals surface area contributed by atoms with Crippen LogP contribution in [0.25, 0.3) is 0 Å². The number of nitrogens with zero attached hydrogens (tertiary/aromatic N) is 3. The van der Waals surface area contributed by atoms with Crippen LogP contribution in [0.5, 0.6) is 0 Å². The van der Waals surface area contributed by atoms with Crippen molar-refractivity contribution in [2.45, 2.75) is 59.4 Å². The standard InChI is InChI=1S/C26H38N4O2/c1-5-28(6-2)17-23-8-7-9-24(14-23)18-29-15-20(3)30(21(4)16-29)19-22-10-12-25(13-11-22)26(31)27-32/h7-14,20-21,32H,5-6,15-19H2,1-4H3,(H,27,31). The van der Waals surface area contributed by atoms with Crippen molar-refractivity contribution in [3.8, 4) is 0 Å². The zero-order valence-corrected chi connectivity index (χ0v) is 19.9. The van der Waals surface area contributed by atoms with Crippen molar-refractivity contribution in [1.29, 1.82) is 0 Å². The van der Waals surface area contributed by atoms with Crippen molar-refractivity contribution in [3.63, 3.8) is 0 Å². The Bertz CT molecular complexity index is 854. The second-order valence-electron chi connectivity index (χ2n) is 8.98. The summed E-state index contributed by atoms with van der Waals surface area (Å²) in [4.78, 5) is 19.1. The molecule has 2 aromatic rings. The maximum atomic E-state index is 11.5. The SMILES string of the molecule is CCN(CC)Cc1cccc(CN2CC(C)N(Cc3ccc(C(=O)NO)cc3)C(C)C2)c1. The molecule has 6 nitrogen and oxygen atoms in total. The van der Waals surface area contributed by atoms with E-state index in [9.17, 15) is 4.79 Å². The summed E-state index contributed by atoms with van der Waals surface area (Å²) < 4.78 is 0. The van der Waals surface area contributed by atoms with Gasteiger partial charge >= 0.3 is 0 Å². The Hall–Kier alpha value is -2.25. The van der Waals surface area contributed by atoms with Crippen LogP contribution in [-0.2, 0) is 19.6 Å². The number of carbonyl (C=O) groups is 1. The van der Waals surface area contributed by atoms with Gasteiger partial charge in [-0.1, -0.05) is 50.2 Å². The third-order valence-electron chi connectivity index (χ3n) is 6.56.